The number of aliphatic carboxylic acids is 1. The van der Waals surface area contributed by atoms with Crippen molar-refractivity contribution in [1.82, 2.24) is 20.9 Å². The molecule has 1 aliphatic carbocycles. The quantitative estimate of drug-likeness (QED) is 0.159. The molecular formula is C35H50N4O6. The van der Waals surface area contributed by atoms with Crippen molar-refractivity contribution in [1.29, 1.82) is 0 Å². The molecule has 2 aromatic carbocycles. The second-order valence-electron chi connectivity index (χ2n) is 11.6. The maximum atomic E-state index is 14.1. The van der Waals surface area contributed by atoms with Crippen LogP contribution in [0.25, 0.3) is 10.9 Å². The Morgan fingerprint density at radius 1 is 0.956 bits per heavy atom. The first-order valence-corrected chi connectivity index (χ1v) is 15.1. The average molecular weight is 623 g/mol. The summed E-state index contributed by atoms with van der Waals surface area (Å²) in [5, 5.41) is 18.4. The average Bonchev–Trinajstić information content (AvgIpc) is 3.35. The topological polar surface area (TPSA) is 150 Å². The Labute approximate surface area is 266 Å². The van der Waals surface area contributed by atoms with Crippen LogP contribution in [0.15, 0.2) is 60.8 Å². The van der Waals surface area contributed by atoms with Crippen molar-refractivity contribution in [2.75, 3.05) is 6.54 Å². The highest BCUT2D eigenvalue weighted by Gasteiger charge is 2.38. The molecule has 0 saturated heterocycles. The van der Waals surface area contributed by atoms with Gasteiger partial charge in [0.25, 0.3) is 0 Å². The normalized spacial score (nSPS) is 15.5. The smallest absolute Gasteiger partial charge is 0.408 e. The van der Waals surface area contributed by atoms with Gasteiger partial charge in [-0.2, -0.15) is 0 Å². The van der Waals surface area contributed by atoms with Gasteiger partial charge in [-0.3, -0.25) is 14.4 Å². The van der Waals surface area contributed by atoms with Gasteiger partial charge in [-0.1, -0.05) is 82.6 Å². The lowest BCUT2D eigenvalue weighted by atomic mass is 9.90. The number of carbonyl (C=O) groups excluding carboxylic acids is 3. The lowest BCUT2D eigenvalue weighted by Crippen LogP contribution is -2.61. The second kappa shape index (κ2) is 17.8. The van der Waals surface area contributed by atoms with Gasteiger partial charge in [-0.05, 0) is 56.2 Å². The van der Waals surface area contributed by atoms with Gasteiger partial charge >= 0.3 is 12.1 Å². The minimum Gasteiger partial charge on any atom is -0.481 e. The van der Waals surface area contributed by atoms with E-state index in [0.717, 1.165) is 60.6 Å². The number of benzene rings is 2. The van der Waals surface area contributed by atoms with Crippen molar-refractivity contribution in [3.63, 3.8) is 0 Å². The molecule has 0 spiro atoms. The van der Waals surface area contributed by atoms with E-state index in [0.29, 0.717) is 6.42 Å². The fraction of sp³-hybridized carbons (Fsp3) is 0.486. The Balaban J connectivity index is 0.00000353. The third kappa shape index (κ3) is 11.3. The van der Waals surface area contributed by atoms with Gasteiger partial charge in [0.2, 0.25) is 11.8 Å². The van der Waals surface area contributed by atoms with E-state index in [1.807, 2.05) is 60.8 Å². The zero-order valence-corrected chi connectivity index (χ0v) is 24.7. The highest BCUT2D eigenvalue weighted by Crippen LogP contribution is 2.24. The van der Waals surface area contributed by atoms with E-state index in [4.69, 9.17) is 9.84 Å². The zero-order chi connectivity index (χ0) is 30.7. The predicted octanol–water partition coefficient (Wildman–Crippen LogP) is 5.90. The summed E-state index contributed by atoms with van der Waals surface area (Å²) in [6.45, 7) is 1.69. The number of rotatable bonds is 12. The standard InChI is InChI=1S/C33H42N4O6.2CH4/c1-33(20-24-21-34-28-17-11-10-16-27(24)28,37-32(42)43-26-14-8-3-2-4-9-15-26)31(41)36-25(18-23-12-6-5-7-13-23)22-35-29(38)19-30(39)40;;/h5-7,10-13,16-17,21,25-26,34H,2-4,8-9,14-15,18-20,22H2,1H3,(H,35,38)(H,36,41)(H,37,42)(H,39,40);2*1H4. The molecule has 5 N–H and O–H groups in total. The van der Waals surface area contributed by atoms with E-state index >= 15 is 0 Å². The summed E-state index contributed by atoms with van der Waals surface area (Å²) in [7, 11) is 0. The molecule has 246 valence electrons. The van der Waals surface area contributed by atoms with Gasteiger partial charge in [-0.15, -0.1) is 0 Å². The number of carbonyl (C=O) groups is 4. The predicted molar refractivity (Wildman–Crippen MR) is 177 cm³/mol. The molecule has 45 heavy (non-hydrogen) atoms. The van der Waals surface area contributed by atoms with Crippen LogP contribution >= 0.6 is 0 Å². The van der Waals surface area contributed by atoms with Crippen molar-refractivity contribution in [3.05, 3.63) is 71.9 Å². The number of amides is 3. The summed E-state index contributed by atoms with van der Waals surface area (Å²) in [5.41, 5.74) is 1.30. The van der Waals surface area contributed by atoms with Crippen molar-refractivity contribution in [2.45, 2.75) is 104 Å². The van der Waals surface area contributed by atoms with Gasteiger partial charge in [-0.25, -0.2) is 4.79 Å². The maximum absolute atomic E-state index is 14.1. The van der Waals surface area contributed by atoms with E-state index in [9.17, 15) is 19.2 Å². The number of nitrogens with one attached hydrogen (secondary N) is 4. The molecule has 3 amide bonds. The molecule has 0 bridgehead atoms. The summed E-state index contributed by atoms with van der Waals surface area (Å²) < 4.78 is 5.85. The summed E-state index contributed by atoms with van der Waals surface area (Å²) in [5.74, 6) is -2.33. The molecule has 1 aromatic heterocycles. The molecule has 2 atom stereocenters. The number of para-hydroxylation sites is 1. The lowest BCUT2D eigenvalue weighted by Gasteiger charge is -2.32. The molecule has 1 aliphatic rings. The van der Waals surface area contributed by atoms with Crippen LogP contribution in [0.2, 0.25) is 0 Å². The molecule has 10 nitrogen and oxygen atoms in total. The number of hydrogen-bond donors (Lipinski definition) is 5. The fourth-order valence-corrected chi connectivity index (χ4v) is 5.64. The van der Waals surface area contributed by atoms with Gasteiger partial charge < -0.3 is 30.8 Å². The first-order valence-electron chi connectivity index (χ1n) is 15.1. The molecule has 1 saturated carbocycles. The lowest BCUT2D eigenvalue weighted by molar-refractivity contribution is -0.141. The minimum absolute atomic E-state index is 0. The summed E-state index contributed by atoms with van der Waals surface area (Å²) in [6.07, 6.45) is 7.94. The van der Waals surface area contributed by atoms with Gasteiger partial charge in [0.1, 0.15) is 18.1 Å². The molecule has 4 rings (SSSR count). The highest BCUT2D eigenvalue weighted by atomic mass is 16.6. The van der Waals surface area contributed by atoms with Crippen LogP contribution in [0.3, 0.4) is 0 Å². The number of aromatic amines is 1. The third-order valence-electron chi connectivity index (χ3n) is 7.94. The van der Waals surface area contributed by atoms with Gasteiger partial charge in [0.15, 0.2) is 0 Å². The Morgan fingerprint density at radius 2 is 1.60 bits per heavy atom. The molecular weight excluding hydrogens is 572 g/mol. The molecule has 0 radical (unpaired) electrons. The Kier molecular flexibility index (Phi) is 14.6. The van der Waals surface area contributed by atoms with E-state index in [-0.39, 0.29) is 33.9 Å². The number of alkyl carbamates (subject to hydrolysis) is 1. The van der Waals surface area contributed by atoms with E-state index < -0.39 is 41.9 Å². The van der Waals surface area contributed by atoms with Gasteiger partial charge in [0.05, 0.1) is 6.04 Å². The Morgan fingerprint density at radius 3 is 2.29 bits per heavy atom. The summed E-state index contributed by atoms with van der Waals surface area (Å²) in [4.78, 5) is 53.7. The van der Waals surface area contributed by atoms with E-state index in [2.05, 4.69) is 20.9 Å². The van der Waals surface area contributed by atoms with Crippen LogP contribution in [0.5, 0.6) is 0 Å². The Hall–Kier alpha value is -4.34. The second-order valence-corrected chi connectivity index (χ2v) is 11.6. The first kappa shape index (κ1) is 36.8. The number of fused-ring (bicyclic) bond motifs is 1. The zero-order valence-electron chi connectivity index (χ0n) is 24.7. The Bertz CT molecular complexity index is 1380. The number of H-pyrrole nitrogens is 1. The maximum Gasteiger partial charge on any atom is 0.408 e. The van der Waals surface area contributed by atoms with Crippen LogP contribution < -0.4 is 16.0 Å². The van der Waals surface area contributed by atoms with Crippen molar-refractivity contribution in [2.24, 2.45) is 0 Å². The molecule has 0 aliphatic heterocycles. The molecule has 3 aromatic rings. The first-order chi connectivity index (χ1) is 20.7. The monoisotopic (exact) mass is 622 g/mol. The molecule has 1 heterocycles. The largest absolute Gasteiger partial charge is 0.481 e. The van der Waals surface area contributed by atoms with Crippen LogP contribution in [0.1, 0.15) is 84.3 Å². The highest BCUT2D eigenvalue weighted by molar-refractivity contribution is 5.94. The molecule has 2 unspecified atom stereocenters. The van der Waals surface area contributed by atoms with Crippen LogP contribution in [-0.4, -0.2) is 58.2 Å². The SMILES string of the molecule is C.C.CC(Cc1c[nH]c2ccccc12)(NC(=O)OC1CCCCCCC1)C(=O)NC(CNC(=O)CC(=O)O)Cc1ccccc1. The minimum atomic E-state index is -1.40. The van der Waals surface area contributed by atoms with E-state index in [1.54, 1.807) is 6.92 Å². The molecule has 1 fully saturated rings. The van der Waals surface area contributed by atoms with Crippen molar-refractivity contribution < 1.29 is 29.0 Å². The van der Waals surface area contributed by atoms with Crippen LogP contribution in [0, 0.1) is 0 Å². The summed E-state index contributed by atoms with van der Waals surface area (Å²) >= 11 is 0. The molecule has 10 heteroatoms. The van der Waals surface area contributed by atoms with Crippen LogP contribution in [0.4, 0.5) is 4.79 Å². The fourth-order valence-electron chi connectivity index (χ4n) is 5.64. The number of hydrogen-bond acceptors (Lipinski definition) is 5. The number of ether oxygens (including phenoxy) is 1. The number of carboxylic acid groups (broad SMARTS) is 1. The number of carboxylic acids is 1. The van der Waals surface area contributed by atoms with Crippen molar-refractivity contribution >= 4 is 34.8 Å². The number of aromatic nitrogens is 1. The van der Waals surface area contributed by atoms with Gasteiger partial charge in [0, 0.05) is 30.1 Å². The van der Waals surface area contributed by atoms with Crippen LogP contribution in [-0.2, 0) is 32.0 Å². The van der Waals surface area contributed by atoms with Crippen molar-refractivity contribution in [3.8, 4) is 0 Å². The third-order valence-corrected chi connectivity index (χ3v) is 7.94. The van der Waals surface area contributed by atoms with E-state index in [1.165, 1.54) is 6.42 Å². The summed E-state index contributed by atoms with van der Waals surface area (Å²) in [6, 6.07) is 16.6.